The molecule has 0 bridgehead atoms. The molecule has 1 aliphatic rings. The van der Waals surface area contributed by atoms with Crippen molar-refractivity contribution in [3.8, 4) is 0 Å². The predicted octanol–water partition coefficient (Wildman–Crippen LogP) is 1.88. The molecule has 1 N–H and O–H groups in total. The van der Waals surface area contributed by atoms with Crippen molar-refractivity contribution in [1.29, 1.82) is 0 Å². The van der Waals surface area contributed by atoms with Crippen LogP contribution >= 0.6 is 12.4 Å². The summed E-state index contributed by atoms with van der Waals surface area (Å²) in [7, 11) is 0. The Morgan fingerprint density at radius 1 is 1.58 bits per heavy atom. The van der Waals surface area contributed by atoms with Crippen LogP contribution in [-0.2, 0) is 17.8 Å². The molecule has 19 heavy (non-hydrogen) atoms. The lowest BCUT2D eigenvalue weighted by atomic mass is 10.2. The molecule has 2 rings (SSSR count). The van der Waals surface area contributed by atoms with Crippen molar-refractivity contribution in [1.82, 2.24) is 15.0 Å². The lowest BCUT2D eigenvalue weighted by Gasteiger charge is -2.18. The number of aryl methyl sites for hydroxylation is 1. The van der Waals surface area contributed by atoms with Gasteiger partial charge in [-0.15, -0.1) is 12.4 Å². The monoisotopic (exact) mass is 289 g/mol. The van der Waals surface area contributed by atoms with Crippen molar-refractivity contribution in [2.75, 3.05) is 6.54 Å². The zero-order valence-electron chi connectivity index (χ0n) is 11.0. The number of rotatable bonds is 6. The molecule has 108 valence electrons. The van der Waals surface area contributed by atoms with Crippen LogP contribution < -0.4 is 0 Å². The molecule has 0 spiro atoms. The summed E-state index contributed by atoms with van der Waals surface area (Å²) in [6, 6.07) is -0.406. The van der Waals surface area contributed by atoms with E-state index in [1.165, 1.54) is 0 Å². The van der Waals surface area contributed by atoms with Crippen LogP contribution in [0.3, 0.4) is 0 Å². The van der Waals surface area contributed by atoms with Gasteiger partial charge in [-0.25, -0.2) is 0 Å². The lowest BCUT2D eigenvalue weighted by Crippen LogP contribution is -2.35. The highest BCUT2D eigenvalue weighted by molar-refractivity contribution is 5.85. The molecule has 0 aromatic carbocycles. The SMILES string of the molecule is CCCCc1noc(CN2CCCC2C(=O)O)n1.Cl. The molecule has 1 saturated heterocycles. The Bertz CT molecular complexity index is 411. The summed E-state index contributed by atoms with van der Waals surface area (Å²) in [4.78, 5) is 17.2. The van der Waals surface area contributed by atoms with Crippen molar-refractivity contribution >= 4 is 18.4 Å². The van der Waals surface area contributed by atoms with Crippen LogP contribution in [-0.4, -0.2) is 38.7 Å². The first-order valence-corrected chi connectivity index (χ1v) is 6.49. The van der Waals surface area contributed by atoms with Crippen molar-refractivity contribution in [3.63, 3.8) is 0 Å². The summed E-state index contributed by atoms with van der Waals surface area (Å²) in [6.45, 7) is 3.34. The van der Waals surface area contributed by atoms with E-state index in [2.05, 4.69) is 17.1 Å². The number of hydrogen-bond donors (Lipinski definition) is 1. The third kappa shape index (κ3) is 4.18. The zero-order valence-corrected chi connectivity index (χ0v) is 11.9. The fourth-order valence-electron chi connectivity index (χ4n) is 2.26. The molecule has 0 saturated carbocycles. The van der Waals surface area contributed by atoms with Crippen LogP contribution in [0.4, 0.5) is 0 Å². The molecule has 2 heterocycles. The third-order valence-electron chi connectivity index (χ3n) is 3.25. The maximum Gasteiger partial charge on any atom is 0.320 e. The number of carboxylic acid groups (broad SMARTS) is 1. The van der Waals surface area contributed by atoms with Crippen LogP contribution in [0.25, 0.3) is 0 Å². The lowest BCUT2D eigenvalue weighted by molar-refractivity contribution is -0.142. The molecular formula is C12H20ClN3O3. The zero-order chi connectivity index (χ0) is 13.0. The predicted molar refractivity (Wildman–Crippen MR) is 71.2 cm³/mol. The van der Waals surface area contributed by atoms with E-state index >= 15 is 0 Å². The Labute approximate surface area is 118 Å². The number of unbranched alkanes of at least 4 members (excludes halogenated alkanes) is 1. The normalized spacial score (nSPS) is 19.3. The highest BCUT2D eigenvalue weighted by atomic mass is 35.5. The summed E-state index contributed by atoms with van der Waals surface area (Å²) in [6.07, 6.45) is 4.57. The smallest absolute Gasteiger partial charge is 0.320 e. The molecule has 1 aromatic rings. The number of nitrogens with zero attached hydrogens (tertiary/aromatic N) is 3. The molecule has 7 heteroatoms. The van der Waals surface area contributed by atoms with Gasteiger partial charge < -0.3 is 9.63 Å². The molecule has 0 aliphatic carbocycles. The minimum Gasteiger partial charge on any atom is -0.480 e. The van der Waals surface area contributed by atoms with Gasteiger partial charge in [0.2, 0.25) is 5.89 Å². The fraction of sp³-hybridized carbons (Fsp3) is 0.750. The van der Waals surface area contributed by atoms with Crippen LogP contribution in [0.5, 0.6) is 0 Å². The number of carbonyl (C=O) groups is 1. The topological polar surface area (TPSA) is 79.5 Å². The highest BCUT2D eigenvalue weighted by Gasteiger charge is 2.31. The van der Waals surface area contributed by atoms with Gasteiger partial charge in [-0.2, -0.15) is 4.98 Å². The van der Waals surface area contributed by atoms with E-state index in [1.807, 2.05) is 4.90 Å². The second kappa shape index (κ2) is 7.45. The number of halogens is 1. The number of carboxylic acids is 1. The summed E-state index contributed by atoms with van der Waals surface area (Å²) in [5.41, 5.74) is 0. The number of aromatic nitrogens is 2. The molecule has 6 nitrogen and oxygen atoms in total. The second-order valence-electron chi connectivity index (χ2n) is 4.67. The largest absolute Gasteiger partial charge is 0.480 e. The van der Waals surface area contributed by atoms with Crippen LogP contribution in [0.15, 0.2) is 4.52 Å². The minimum absolute atomic E-state index is 0. The first-order chi connectivity index (χ1) is 8.70. The molecule has 1 fully saturated rings. The number of likely N-dealkylation sites (tertiary alicyclic amines) is 1. The first-order valence-electron chi connectivity index (χ1n) is 6.49. The van der Waals surface area contributed by atoms with Gasteiger partial charge in [0.1, 0.15) is 6.04 Å². The van der Waals surface area contributed by atoms with E-state index in [1.54, 1.807) is 0 Å². The average molecular weight is 290 g/mol. The van der Waals surface area contributed by atoms with Crippen LogP contribution in [0.1, 0.15) is 44.3 Å². The van der Waals surface area contributed by atoms with Gasteiger partial charge in [-0.3, -0.25) is 9.69 Å². The van der Waals surface area contributed by atoms with E-state index < -0.39 is 12.0 Å². The Morgan fingerprint density at radius 2 is 2.37 bits per heavy atom. The molecule has 1 atom stereocenters. The Balaban J connectivity index is 0.00000180. The van der Waals surface area contributed by atoms with Gasteiger partial charge in [0.25, 0.3) is 0 Å². The van der Waals surface area contributed by atoms with E-state index in [4.69, 9.17) is 9.63 Å². The van der Waals surface area contributed by atoms with Gasteiger partial charge in [-0.1, -0.05) is 18.5 Å². The van der Waals surface area contributed by atoms with E-state index in [-0.39, 0.29) is 12.4 Å². The van der Waals surface area contributed by atoms with Crippen molar-refractivity contribution in [2.45, 2.75) is 51.6 Å². The molecular weight excluding hydrogens is 270 g/mol. The van der Waals surface area contributed by atoms with E-state index in [0.717, 1.165) is 38.1 Å². The number of hydrogen-bond acceptors (Lipinski definition) is 5. The third-order valence-corrected chi connectivity index (χ3v) is 3.25. The van der Waals surface area contributed by atoms with Crippen molar-refractivity contribution in [2.24, 2.45) is 0 Å². The van der Waals surface area contributed by atoms with Crippen molar-refractivity contribution in [3.05, 3.63) is 11.7 Å². The second-order valence-corrected chi connectivity index (χ2v) is 4.67. The first kappa shape index (κ1) is 15.9. The van der Waals surface area contributed by atoms with Crippen LogP contribution in [0, 0.1) is 0 Å². The van der Waals surface area contributed by atoms with Gasteiger partial charge in [0.05, 0.1) is 6.54 Å². The summed E-state index contributed by atoms with van der Waals surface area (Å²) >= 11 is 0. The standard InChI is InChI=1S/C12H19N3O3.ClH/c1-2-3-6-10-13-11(18-14-10)8-15-7-4-5-9(15)12(16)17;/h9H,2-8H2,1H3,(H,16,17);1H. The minimum atomic E-state index is -0.766. The van der Waals surface area contributed by atoms with E-state index in [9.17, 15) is 4.79 Å². The molecule has 0 amide bonds. The quantitative estimate of drug-likeness (QED) is 0.861. The number of aliphatic carboxylic acids is 1. The summed E-state index contributed by atoms with van der Waals surface area (Å²) in [5.74, 6) is 0.477. The Kier molecular flexibility index (Phi) is 6.24. The average Bonchev–Trinajstić information content (AvgIpc) is 2.96. The van der Waals surface area contributed by atoms with Gasteiger partial charge in [0, 0.05) is 6.42 Å². The molecule has 1 unspecified atom stereocenters. The Morgan fingerprint density at radius 3 is 3.05 bits per heavy atom. The summed E-state index contributed by atoms with van der Waals surface area (Å²) in [5, 5.41) is 13.0. The van der Waals surface area contributed by atoms with Gasteiger partial charge >= 0.3 is 5.97 Å². The maximum absolute atomic E-state index is 11.0. The van der Waals surface area contributed by atoms with Gasteiger partial charge in [-0.05, 0) is 25.8 Å². The summed E-state index contributed by atoms with van der Waals surface area (Å²) < 4.78 is 5.16. The highest BCUT2D eigenvalue weighted by Crippen LogP contribution is 2.19. The maximum atomic E-state index is 11.0. The molecule has 1 aromatic heterocycles. The fourth-order valence-corrected chi connectivity index (χ4v) is 2.26. The van der Waals surface area contributed by atoms with Gasteiger partial charge in [0.15, 0.2) is 5.82 Å². The molecule has 1 aliphatic heterocycles. The Hall–Kier alpha value is -1.14. The van der Waals surface area contributed by atoms with Crippen molar-refractivity contribution < 1.29 is 14.4 Å². The van der Waals surface area contributed by atoms with E-state index in [0.29, 0.717) is 18.9 Å². The van der Waals surface area contributed by atoms with Crippen LogP contribution in [0.2, 0.25) is 0 Å². The molecule has 0 radical (unpaired) electrons.